The highest BCUT2D eigenvalue weighted by molar-refractivity contribution is 14.1. The molecule has 66 valence electrons. The summed E-state index contributed by atoms with van der Waals surface area (Å²) in [6, 6.07) is 6.34. The predicted molar refractivity (Wildman–Crippen MR) is 61.4 cm³/mol. The van der Waals surface area contributed by atoms with Gasteiger partial charge >= 0.3 is 0 Å². The normalized spacial score (nSPS) is 9.92. The molecule has 0 aromatic heterocycles. The second-order valence-electron chi connectivity index (χ2n) is 2.67. The molecule has 0 saturated carbocycles. The van der Waals surface area contributed by atoms with Gasteiger partial charge in [0.15, 0.2) is 0 Å². The van der Waals surface area contributed by atoms with Gasteiger partial charge in [0.05, 0.1) is 0 Å². The summed E-state index contributed by atoms with van der Waals surface area (Å²) in [7, 11) is 0. The topological polar surface area (TPSA) is 38.0 Å². The van der Waals surface area contributed by atoms with Crippen LogP contribution in [0.25, 0.3) is 0 Å². The third kappa shape index (κ3) is 2.64. The summed E-state index contributed by atoms with van der Waals surface area (Å²) in [4.78, 5) is 0. The van der Waals surface area contributed by atoms with Crippen LogP contribution >= 0.6 is 22.6 Å². The summed E-state index contributed by atoms with van der Waals surface area (Å²) < 4.78 is 1.25. The number of halogens is 1. The zero-order valence-corrected chi connectivity index (χ0v) is 9.26. The first-order chi connectivity index (χ1) is 5.74. The van der Waals surface area contributed by atoms with E-state index in [-0.39, 0.29) is 0 Å². The van der Waals surface area contributed by atoms with Crippen molar-refractivity contribution in [3.63, 3.8) is 0 Å². The molecule has 1 aromatic carbocycles. The number of hydrogen-bond acceptors (Lipinski definition) is 2. The molecule has 0 atom stereocenters. The van der Waals surface area contributed by atoms with Crippen molar-refractivity contribution >= 4 is 28.3 Å². The molecule has 0 heterocycles. The maximum absolute atomic E-state index is 5.40. The Morgan fingerprint density at radius 3 is 2.92 bits per heavy atom. The monoisotopic (exact) mass is 276 g/mol. The van der Waals surface area contributed by atoms with Gasteiger partial charge in [0.2, 0.25) is 0 Å². The minimum atomic E-state index is 0.672. The maximum atomic E-state index is 5.40. The van der Waals surface area contributed by atoms with Crippen molar-refractivity contribution in [2.24, 2.45) is 5.73 Å². The van der Waals surface area contributed by atoms with E-state index in [0.29, 0.717) is 6.54 Å². The van der Waals surface area contributed by atoms with Gasteiger partial charge in [-0.3, -0.25) is 0 Å². The fourth-order valence-corrected chi connectivity index (χ4v) is 1.48. The van der Waals surface area contributed by atoms with Crippen LogP contribution in [0.15, 0.2) is 18.2 Å². The molecule has 1 aromatic rings. The van der Waals surface area contributed by atoms with Gasteiger partial charge in [0, 0.05) is 22.3 Å². The van der Waals surface area contributed by atoms with Gasteiger partial charge < -0.3 is 11.1 Å². The van der Waals surface area contributed by atoms with Crippen molar-refractivity contribution in [2.75, 3.05) is 18.4 Å². The SMILES string of the molecule is Cc1ccc(I)cc1NCCN. The Morgan fingerprint density at radius 2 is 2.25 bits per heavy atom. The van der Waals surface area contributed by atoms with Crippen molar-refractivity contribution in [1.82, 2.24) is 0 Å². The fraction of sp³-hybridized carbons (Fsp3) is 0.333. The van der Waals surface area contributed by atoms with Crippen LogP contribution in [0.3, 0.4) is 0 Å². The molecule has 0 bridgehead atoms. The van der Waals surface area contributed by atoms with Crippen molar-refractivity contribution in [2.45, 2.75) is 6.92 Å². The van der Waals surface area contributed by atoms with Gasteiger partial charge in [-0.25, -0.2) is 0 Å². The number of benzene rings is 1. The second-order valence-corrected chi connectivity index (χ2v) is 3.92. The Hall–Kier alpha value is -0.290. The molecule has 0 radical (unpaired) electrons. The number of aryl methyl sites for hydroxylation is 1. The number of hydrogen-bond donors (Lipinski definition) is 2. The maximum Gasteiger partial charge on any atom is 0.0380 e. The lowest BCUT2D eigenvalue weighted by molar-refractivity contribution is 1.02. The first-order valence-corrected chi connectivity index (χ1v) is 5.02. The zero-order valence-electron chi connectivity index (χ0n) is 7.10. The number of anilines is 1. The first-order valence-electron chi connectivity index (χ1n) is 3.94. The molecule has 0 saturated heterocycles. The number of nitrogens with two attached hydrogens (primary N) is 1. The Balaban J connectivity index is 2.75. The summed E-state index contributed by atoms with van der Waals surface area (Å²) in [5, 5.41) is 3.27. The summed E-state index contributed by atoms with van der Waals surface area (Å²) in [6.07, 6.45) is 0. The van der Waals surface area contributed by atoms with E-state index in [9.17, 15) is 0 Å². The largest absolute Gasteiger partial charge is 0.384 e. The van der Waals surface area contributed by atoms with E-state index in [1.165, 1.54) is 14.8 Å². The molecule has 3 N–H and O–H groups in total. The van der Waals surface area contributed by atoms with Crippen LogP contribution in [0.4, 0.5) is 5.69 Å². The minimum Gasteiger partial charge on any atom is -0.384 e. The highest BCUT2D eigenvalue weighted by Crippen LogP contribution is 2.17. The minimum absolute atomic E-state index is 0.672. The Bertz CT molecular complexity index is 261. The number of rotatable bonds is 3. The summed E-state index contributed by atoms with van der Waals surface area (Å²) in [6.45, 7) is 3.60. The van der Waals surface area contributed by atoms with E-state index >= 15 is 0 Å². The lowest BCUT2D eigenvalue weighted by atomic mass is 10.2. The molecule has 0 aliphatic rings. The van der Waals surface area contributed by atoms with Crippen molar-refractivity contribution < 1.29 is 0 Å². The van der Waals surface area contributed by atoms with E-state index in [2.05, 4.69) is 53.0 Å². The molecule has 0 spiro atoms. The van der Waals surface area contributed by atoms with E-state index in [4.69, 9.17) is 5.73 Å². The van der Waals surface area contributed by atoms with Crippen LogP contribution in [-0.4, -0.2) is 13.1 Å². The van der Waals surface area contributed by atoms with Crippen LogP contribution in [0.1, 0.15) is 5.56 Å². The Morgan fingerprint density at radius 1 is 1.50 bits per heavy atom. The van der Waals surface area contributed by atoms with Gasteiger partial charge in [0.1, 0.15) is 0 Å². The molecule has 2 nitrogen and oxygen atoms in total. The third-order valence-corrected chi connectivity index (χ3v) is 2.33. The number of nitrogens with one attached hydrogen (secondary N) is 1. The van der Waals surface area contributed by atoms with Gasteiger partial charge in [-0.1, -0.05) is 6.07 Å². The molecule has 0 amide bonds. The molecule has 0 aliphatic carbocycles. The van der Waals surface area contributed by atoms with E-state index < -0.39 is 0 Å². The Kier molecular flexibility index (Phi) is 3.81. The highest BCUT2D eigenvalue weighted by Gasteiger charge is 1.96. The first kappa shape index (κ1) is 9.80. The predicted octanol–water partition coefficient (Wildman–Crippen LogP) is 1.97. The van der Waals surface area contributed by atoms with E-state index in [1.807, 2.05) is 0 Å². The van der Waals surface area contributed by atoms with Gasteiger partial charge in [-0.15, -0.1) is 0 Å². The molecule has 0 fully saturated rings. The summed E-state index contributed by atoms with van der Waals surface area (Å²) in [5.41, 5.74) is 7.85. The van der Waals surface area contributed by atoms with Crippen molar-refractivity contribution in [1.29, 1.82) is 0 Å². The van der Waals surface area contributed by atoms with Gasteiger partial charge in [0.25, 0.3) is 0 Å². The average molecular weight is 276 g/mol. The van der Waals surface area contributed by atoms with Crippen LogP contribution in [-0.2, 0) is 0 Å². The lowest BCUT2D eigenvalue weighted by Crippen LogP contribution is -2.13. The van der Waals surface area contributed by atoms with Gasteiger partial charge in [-0.2, -0.15) is 0 Å². The smallest absolute Gasteiger partial charge is 0.0380 e. The molecular formula is C9H13IN2. The van der Waals surface area contributed by atoms with Crippen molar-refractivity contribution in [3.05, 3.63) is 27.3 Å². The van der Waals surface area contributed by atoms with Crippen LogP contribution in [0.2, 0.25) is 0 Å². The average Bonchev–Trinajstić information content (AvgIpc) is 2.07. The van der Waals surface area contributed by atoms with Gasteiger partial charge in [-0.05, 0) is 47.2 Å². The fourth-order valence-electron chi connectivity index (χ4n) is 0.992. The van der Waals surface area contributed by atoms with Crippen molar-refractivity contribution in [3.8, 4) is 0 Å². The molecular weight excluding hydrogens is 263 g/mol. The van der Waals surface area contributed by atoms with Crippen LogP contribution < -0.4 is 11.1 Å². The van der Waals surface area contributed by atoms with Crippen LogP contribution in [0.5, 0.6) is 0 Å². The second kappa shape index (κ2) is 4.67. The quantitative estimate of drug-likeness (QED) is 0.828. The molecule has 0 aliphatic heterocycles. The standard InChI is InChI=1S/C9H13IN2/c1-7-2-3-8(10)6-9(7)12-5-4-11/h2-3,6,12H,4-5,11H2,1H3. The molecule has 0 unspecified atom stereocenters. The molecule has 12 heavy (non-hydrogen) atoms. The van der Waals surface area contributed by atoms with E-state index in [1.54, 1.807) is 0 Å². The summed E-state index contributed by atoms with van der Waals surface area (Å²) >= 11 is 2.30. The lowest BCUT2D eigenvalue weighted by Gasteiger charge is -2.08. The molecule has 3 heteroatoms. The highest BCUT2D eigenvalue weighted by atomic mass is 127. The Labute approximate surface area is 86.7 Å². The summed E-state index contributed by atoms with van der Waals surface area (Å²) in [5.74, 6) is 0. The zero-order chi connectivity index (χ0) is 8.97. The molecule has 1 rings (SSSR count). The van der Waals surface area contributed by atoms with E-state index in [0.717, 1.165) is 6.54 Å². The van der Waals surface area contributed by atoms with Crippen LogP contribution in [0, 0.1) is 10.5 Å². The third-order valence-electron chi connectivity index (χ3n) is 1.66.